The molecule has 1 saturated heterocycles. The highest BCUT2D eigenvalue weighted by atomic mass is 35.5. The summed E-state index contributed by atoms with van der Waals surface area (Å²) in [6, 6.07) is 7.65. The second kappa shape index (κ2) is 8.25. The molecule has 0 N–H and O–H groups in total. The fourth-order valence-corrected chi connectivity index (χ4v) is 4.58. The molecule has 0 aliphatic carbocycles. The zero-order valence-electron chi connectivity index (χ0n) is 13.2. The van der Waals surface area contributed by atoms with Gasteiger partial charge in [-0.25, -0.2) is 0 Å². The van der Waals surface area contributed by atoms with Gasteiger partial charge in [-0.05, 0) is 23.6 Å². The van der Waals surface area contributed by atoms with E-state index in [1.165, 1.54) is 16.2 Å². The summed E-state index contributed by atoms with van der Waals surface area (Å²) in [4.78, 5) is 30.5. The van der Waals surface area contributed by atoms with Crippen molar-refractivity contribution >= 4 is 46.0 Å². The van der Waals surface area contributed by atoms with Gasteiger partial charge in [0.15, 0.2) is 5.78 Å². The highest BCUT2D eigenvalue weighted by molar-refractivity contribution is 7.16. The maximum absolute atomic E-state index is 12.3. The Bertz CT molecular complexity index is 691. The quantitative estimate of drug-likeness (QED) is 0.714. The molecule has 128 valence electrons. The molecule has 4 nitrogen and oxygen atoms in total. The van der Waals surface area contributed by atoms with Crippen molar-refractivity contribution in [3.8, 4) is 0 Å². The van der Waals surface area contributed by atoms with Crippen LogP contribution in [0.3, 0.4) is 0 Å². The number of amides is 1. The highest BCUT2D eigenvalue weighted by Gasteiger charge is 2.22. The Balaban J connectivity index is 1.41. The first kappa shape index (κ1) is 17.6. The molecule has 0 spiro atoms. The van der Waals surface area contributed by atoms with Gasteiger partial charge < -0.3 is 4.90 Å². The van der Waals surface area contributed by atoms with Gasteiger partial charge in [-0.15, -0.1) is 22.7 Å². The minimum atomic E-state index is 0.0616. The van der Waals surface area contributed by atoms with Crippen molar-refractivity contribution in [2.75, 3.05) is 26.2 Å². The van der Waals surface area contributed by atoms with Crippen molar-refractivity contribution < 1.29 is 9.59 Å². The van der Waals surface area contributed by atoms with Crippen molar-refractivity contribution in [2.45, 2.75) is 19.4 Å². The largest absolute Gasteiger partial charge is 0.340 e. The minimum Gasteiger partial charge on any atom is -0.340 e. The van der Waals surface area contributed by atoms with E-state index in [-0.39, 0.29) is 11.7 Å². The van der Waals surface area contributed by atoms with Crippen LogP contribution in [-0.2, 0) is 11.3 Å². The maximum Gasteiger partial charge on any atom is 0.223 e. The number of piperazine rings is 1. The molecule has 1 amide bonds. The first-order chi connectivity index (χ1) is 11.6. The van der Waals surface area contributed by atoms with Crippen LogP contribution in [0.25, 0.3) is 0 Å². The van der Waals surface area contributed by atoms with E-state index in [1.54, 1.807) is 11.3 Å². The zero-order valence-corrected chi connectivity index (χ0v) is 15.6. The average Bonchev–Trinajstić information content (AvgIpc) is 3.25. The lowest BCUT2D eigenvalue weighted by molar-refractivity contribution is -0.132. The molecule has 0 atom stereocenters. The summed E-state index contributed by atoms with van der Waals surface area (Å²) >= 11 is 9.00. The fraction of sp³-hybridized carbons (Fsp3) is 0.412. The van der Waals surface area contributed by atoms with Gasteiger partial charge in [-0.1, -0.05) is 17.7 Å². The van der Waals surface area contributed by atoms with Crippen LogP contribution in [0.4, 0.5) is 0 Å². The molecule has 0 aromatic carbocycles. The van der Waals surface area contributed by atoms with Crippen LogP contribution in [-0.4, -0.2) is 47.7 Å². The number of nitrogens with zero attached hydrogens (tertiary/aromatic N) is 2. The number of ketones is 1. The van der Waals surface area contributed by atoms with E-state index >= 15 is 0 Å². The van der Waals surface area contributed by atoms with Crippen molar-refractivity contribution in [2.24, 2.45) is 0 Å². The third-order valence-corrected chi connectivity index (χ3v) is 6.22. The molecule has 0 saturated carbocycles. The lowest BCUT2D eigenvalue weighted by Gasteiger charge is -2.34. The SMILES string of the molecule is O=C(CCC(=O)N1CCN(Cc2ccc(Cl)s2)CC1)c1cccs1. The lowest BCUT2D eigenvalue weighted by atomic mass is 10.1. The van der Waals surface area contributed by atoms with Gasteiger partial charge in [-0.2, -0.15) is 0 Å². The lowest BCUT2D eigenvalue weighted by Crippen LogP contribution is -2.48. The number of hydrogen-bond acceptors (Lipinski definition) is 5. The summed E-state index contributed by atoms with van der Waals surface area (Å²) in [5.74, 6) is 0.144. The Morgan fingerprint density at radius 1 is 1.08 bits per heavy atom. The topological polar surface area (TPSA) is 40.6 Å². The van der Waals surface area contributed by atoms with Crippen molar-refractivity contribution in [3.63, 3.8) is 0 Å². The van der Waals surface area contributed by atoms with Crippen LogP contribution in [0.2, 0.25) is 4.34 Å². The van der Waals surface area contributed by atoms with Crippen LogP contribution in [0.1, 0.15) is 27.4 Å². The molecule has 1 fully saturated rings. The number of Topliss-reactive ketones (excluding diaryl/α,β-unsaturated/α-hetero) is 1. The van der Waals surface area contributed by atoms with Gasteiger partial charge in [0.25, 0.3) is 0 Å². The highest BCUT2D eigenvalue weighted by Crippen LogP contribution is 2.23. The summed E-state index contributed by atoms with van der Waals surface area (Å²) in [6.45, 7) is 4.06. The molecule has 7 heteroatoms. The Morgan fingerprint density at radius 3 is 2.50 bits per heavy atom. The van der Waals surface area contributed by atoms with Gasteiger partial charge in [0, 0.05) is 50.4 Å². The summed E-state index contributed by atoms with van der Waals surface area (Å²) < 4.78 is 0.814. The minimum absolute atomic E-state index is 0.0616. The molecule has 1 aliphatic heterocycles. The summed E-state index contributed by atoms with van der Waals surface area (Å²) in [5.41, 5.74) is 0. The van der Waals surface area contributed by atoms with Crippen molar-refractivity contribution in [1.82, 2.24) is 9.80 Å². The molecule has 2 aromatic heterocycles. The van der Waals surface area contributed by atoms with Crippen molar-refractivity contribution in [1.29, 1.82) is 0 Å². The van der Waals surface area contributed by atoms with E-state index in [4.69, 9.17) is 11.6 Å². The zero-order chi connectivity index (χ0) is 16.9. The standard InChI is InChI=1S/C17H19ClN2O2S2/c18-16-5-3-13(24-16)12-19-7-9-20(10-8-19)17(22)6-4-14(21)15-2-1-11-23-15/h1-3,5,11H,4,6-10,12H2. The third-order valence-electron chi connectivity index (χ3n) is 4.10. The normalized spacial score (nSPS) is 15.6. The van der Waals surface area contributed by atoms with Crippen LogP contribution in [0.5, 0.6) is 0 Å². The van der Waals surface area contributed by atoms with Gasteiger partial charge in [0.2, 0.25) is 5.91 Å². The Labute approximate surface area is 154 Å². The Morgan fingerprint density at radius 2 is 1.88 bits per heavy atom. The van der Waals surface area contributed by atoms with Crippen LogP contribution >= 0.6 is 34.3 Å². The predicted molar refractivity (Wildman–Crippen MR) is 99.1 cm³/mol. The van der Waals surface area contributed by atoms with E-state index in [1.807, 2.05) is 28.5 Å². The van der Waals surface area contributed by atoms with Crippen LogP contribution in [0, 0.1) is 0 Å². The molecule has 0 unspecified atom stereocenters. The number of rotatable bonds is 6. The molecule has 1 aliphatic rings. The predicted octanol–water partition coefficient (Wildman–Crippen LogP) is 3.77. The number of halogens is 1. The third kappa shape index (κ3) is 4.66. The first-order valence-corrected chi connectivity index (χ1v) is 10.0. The van der Waals surface area contributed by atoms with E-state index in [2.05, 4.69) is 11.0 Å². The summed E-state index contributed by atoms with van der Waals surface area (Å²) in [6.07, 6.45) is 0.602. The van der Waals surface area contributed by atoms with Gasteiger partial charge in [0.05, 0.1) is 9.21 Å². The number of carbonyl (C=O) groups excluding carboxylic acids is 2. The van der Waals surface area contributed by atoms with Gasteiger partial charge in [-0.3, -0.25) is 14.5 Å². The molecular formula is C17H19ClN2O2S2. The fourth-order valence-electron chi connectivity index (χ4n) is 2.75. The Hall–Kier alpha value is -1.21. The number of thiophene rings is 2. The molecule has 3 heterocycles. The molecule has 24 heavy (non-hydrogen) atoms. The molecule has 0 bridgehead atoms. The van der Waals surface area contributed by atoms with E-state index in [0.29, 0.717) is 12.8 Å². The smallest absolute Gasteiger partial charge is 0.223 e. The Kier molecular flexibility index (Phi) is 6.05. The van der Waals surface area contributed by atoms with E-state index in [0.717, 1.165) is 41.9 Å². The molecule has 0 radical (unpaired) electrons. The summed E-state index contributed by atoms with van der Waals surface area (Å²) in [7, 11) is 0. The molecule has 3 rings (SSSR count). The van der Waals surface area contributed by atoms with Crippen LogP contribution in [0.15, 0.2) is 29.6 Å². The molecular weight excluding hydrogens is 364 g/mol. The monoisotopic (exact) mass is 382 g/mol. The van der Waals surface area contributed by atoms with Gasteiger partial charge in [0.1, 0.15) is 0 Å². The summed E-state index contributed by atoms with van der Waals surface area (Å²) in [5, 5.41) is 1.88. The maximum atomic E-state index is 12.3. The molecule has 2 aromatic rings. The number of carbonyl (C=O) groups is 2. The van der Waals surface area contributed by atoms with E-state index < -0.39 is 0 Å². The second-order valence-corrected chi connectivity index (χ2v) is 8.51. The first-order valence-electron chi connectivity index (χ1n) is 7.93. The van der Waals surface area contributed by atoms with Crippen LogP contribution < -0.4 is 0 Å². The van der Waals surface area contributed by atoms with Crippen molar-refractivity contribution in [3.05, 3.63) is 43.7 Å². The number of hydrogen-bond donors (Lipinski definition) is 0. The van der Waals surface area contributed by atoms with E-state index in [9.17, 15) is 9.59 Å². The van der Waals surface area contributed by atoms with Gasteiger partial charge >= 0.3 is 0 Å². The second-order valence-electron chi connectivity index (χ2n) is 5.76. The average molecular weight is 383 g/mol.